The van der Waals surface area contributed by atoms with Gasteiger partial charge in [0.1, 0.15) is 11.8 Å². The number of amides is 2. The van der Waals surface area contributed by atoms with Crippen LogP contribution in [0.4, 0.5) is 0 Å². The summed E-state index contributed by atoms with van der Waals surface area (Å²) in [5.74, 6) is -0.119. The molecule has 0 bridgehead atoms. The standard InChI is InChI=1S/C28H30BrClN2O3/c1-28(2,3)31-27(34)24(16-20-10-6-4-7-11-20)32(18-21-12-8-5-9-13-21)26(33)19-35-25-15-14-22(29)17-23(25)30/h4-15,17,24H,16,18-19H2,1-3H3,(H,31,34)/t24-/m1/s1. The van der Waals surface area contributed by atoms with E-state index in [2.05, 4.69) is 21.2 Å². The van der Waals surface area contributed by atoms with E-state index in [9.17, 15) is 9.59 Å². The molecular formula is C28H30BrClN2O3. The first-order chi connectivity index (χ1) is 16.6. The van der Waals surface area contributed by atoms with Crippen LogP contribution in [-0.2, 0) is 22.6 Å². The van der Waals surface area contributed by atoms with Gasteiger partial charge in [-0.2, -0.15) is 0 Å². The molecule has 0 unspecified atom stereocenters. The Morgan fingerprint density at radius 3 is 2.14 bits per heavy atom. The van der Waals surface area contributed by atoms with E-state index in [0.29, 0.717) is 17.2 Å². The van der Waals surface area contributed by atoms with Crippen LogP contribution < -0.4 is 10.1 Å². The molecule has 3 aromatic rings. The number of carbonyl (C=O) groups is 2. The lowest BCUT2D eigenvalue weighted by Gasteiger charge is -2.33. The minimum Gasteiger partial charge on any atom is -0.482 e. The Bertz CT molecular complexity index is 1130. The Morgan fingerprint density at radius 2 is 1.57 bits per heavy atom. The van der Waals surface area contributed by atoms with Crippen molar-refractivity contribution in [1.29, 1.82) is 0 Å². The van der Waals surface area contributed by atoms with E-state index in [1.807, 2.05) is 81.4 Å². The SMILES string of the molecule is CC(C)(C)NC(=O)[C@@H](Cc1ccccc1)N(Cc1ccccc1)C(=O)COc1ccc(Br)cc1Cl. The average molecular weight is 558 g/mol. The molecule has 0 heterocycles. The molecule has 7 heteroatoms. The molecular weight excluding hydrogens is 528 g/mol. The van der Waals surface area contributed by atoms with Crippen molar-refractivity contribution in [3.05, 3.63) is 99.5 Å². The number of rotatable bonds is 9. The zero-order chi connectivity index (χ0) is 25.4. The van der Waals surface area contributed by atoms with Crippen molar-refractivity contribution in [3.63, 3.8) is 0 Å². The fraction of sp³-hybridized carbons (Fsp3) is 0.286. The van der Waals surface area contributed by atoms with Crippen molar-refractivity contribution in [2.45, 2.75) is 45.3 Å². The van der Waals surface area contributed by atoms with Crippen molar-refractivity contribution >= 4 is 39.3 Å². The summed E-state index contributed by atoms with van der Waals surface area (Å²) in [5.41, 5.74) is 1.43. The summed E-state index contributed by atoms with van der Waals surface area (Å²) < 4.78 is 6.59. The highest BCUT2D eigenvalue weighted by molar-refractivity contribution is 9.10. The Hall–Kier alpha value is -2.83. The van der Waals surface area contributed by atoms with Gasteiger partial charge in [-0.15, -0.1) is 0 Å². The van der Waals surface area contributed by atoms with Crippen LogP contribution in [0.1, 0.15) is 31.9 Å². The minimum absolute atomic E-state index is 0.215. The average Bonchev–Trinajstić information content (AvgIpc) is 2.81. The molecule has 0 aromatic heterocycles. The number of ether oxygens (including phenoxy) is 1. The number of nitrogens with one attached hydrogen (secondary N) is 1. The summed E-state index contributed by atoms with van der Waals surface area (Å²) in [7, 11) is 0. The number of nitrogens with zero attached hydrogens (tertiary/aromatic N) is 1. The molecule has 0 aliphatic carbocycles. The van der Waals surface area contributed by atoms with Gasteiger partial charge in [0.2, 0.25) is 5.91 Å². The first kappa shape index (κ1) is 26.8. The van der Waals surface area contributed by atoms with Gasteiger partial charge in [-0.25, -0.2) is 0 Å². The molecule has 1 atom stereocenters. The van der Waals surface area contributed by atoms with E-state index in [-0.39, 0.29) is 25.0 Å². The Morgan fingerprint density at radius 1 is 0.971 bits per heavy atom. The molecule has 0 aliphatic rings. The third-order valence-corrected chi connectivity index (χ3v) is 6.00. The van der Waals surface area contributed by atoms with Gasteiger partial charge in [-0.05, 0) is 50.1 Å². The molecule has 0 saturated carbocycles. The molecule has 2 amide bonds. The lowest BCUT2D eigenvalue weighted by molar-refractivity contribution is -0.143. The smallest absolute Gasteiger partial charge is 0.261 e. The van der Waals surface area contributed by atoms with Crippen molar-refractivity contribution < 1.29 is 14.3 Å². The summed E-state index contributed by atoms with van der Waals surface area (Å²) >= 11 is 9.64. The Kier molecular flexibility index (Phi) is 9.35. The van der Waals surface area contributed by atoms with Crippen LogP contribution in [0.3, 0.4) is 0 Å². The molecule has 5 nitrogen and oxygen atoms in total. The zero-order valence-electron chi connectivity index (χ0n) is 20.1. The second-order valence-electron chi connectivity index (χ2n) is 9.32. The number of hydrogen-bond donors (Lipinski definition) is 1. The first-order valence-electron chi connectivity index (χ1n) is 11.4. The van der Waals surface area contributed by atoms with Crippen molar-refractivity contribution in [2.24, 2.45) is 0 Å². The maximum Gasteiger partial charge on any atom is 0.261 e. The maximum atomic E-state index is 13.6. The topological polar surface area (TPSA) is 58.6 Å². The third-order valence-electron chi connectivity index (χ3n) is 5.21. The molecule has 0 saturated heterocycles. The summed E-state index contributed by atoms with van der Waals surface area (Å²) in [4.78, 5) is 28.7. The van der Waals surface area contributed by atoms with Gasteiger partial charge >= 0.3 is 0 Å². The maximum absolute atomic E-state index is 13.6. The first-order valence-corrected chi connectivity index (χ1v) is 12.6. The van der Waals surface area contributed by atoms with Gasteiger partial charge < -0.3 is 15.0 Å². The van der Waals surface area contributed by atoms with E-state index in [0.717, 1.165) is 15.6 Å². The molecule has 0 aliphatic heterocycles. The van der Waals surface area contributed by atoms with Gasteiger partial charge in [0, 0.05) is 23.0 Å². The van der Waals surface area contributed by atoms with Crippen molar-refractivity contribution in [2.75, 3.05) is 6.61 Å². The van der Waals surface area contributed by atoms with Gasteiger partial charge in [-0.3, -0.25) is 9.59 Å². The molecule has 184 valence electrons. The van der Waals surface area contributed by atoms with E-state index >= 15 is 0 Å². The number of hydrogen-bond acceptors (Lipinski definition) is 3. The highest BCUT2D eigenvalue weighted by Crippen LogP contribution is 2.28. The van der Waals surface area contributed by atoms with Gasteiger partial charge in [0.05, 0.1) is 5.02 Å². The predicted octanol–water partition coefficient (Wildman–Crippen LogP) is 6.04. The molecule has 3 rings (SSSR count). The van der Waals surface area contributed by atoms with Crippen LogP contribution >= 0.6 is 27.5 Å². The molecule has 0 radical (unpaired) electrons. The third kappa shape index (κ3) is 8.41. The lowest BCUT2D eigenvalue weighted by atomic mass is 10.0. The van der Waals surface area contributed by atoms with Crippen LogP contribution in [0.25, 0.3) is 0 Å². The molecule has 3 aromatic carbocycles. The second-order valence-corrected chi connectivity index (χ2v) is 10.6. The normalized spacial score (nSPS) is 12.0. The Balaban J connectivity index is 1.91. The molecule has 0 spiro atoms. The van der Waals surface area contributed by atoms with E-state index in [1.54, 1.807) is 23.1 Å². The van der Waals surface area contributed by atoms with Crippen LogP contribution in [0.2, 0.25) is 5.02 Å². The van der Waals surface area contributed by atoms with E-state index < -0.39 is 11.6 Å². The summed E-state index contributed by atoms with van der Waals surface area (Å²) in [5, 5.41) is 3.45. The van der Waals surface area contributed by atoms with Gasteiger partial charge in [0.15, 0.2) is 6.61 Å². The predicted molar refractivity (Wildman–Crippen MR) is 143 cm³/mol. The number of halogens is 2. The molecule has 1 N–H and O–H groups in total. The summed E-state index contributed by atoms with van der Waals surface area (Å²) in [6.45, 7) is 5.79. The highest BCUT2D eigenvalue weighted by Gasteiger charge is 2.32. The van der Waals surface area contributed by atoms with Gasteiger partial charge in [0.25, 0.3) is 5.91 Å². The number of benzene rings is 3. The van der Waals surface area contributed by atoms with E-state index in [1.165, 1.54) is 0 Å². The quantitative estimate of drug-likeness (QED) is 0.349. The number of carbonyl (C=O) groups excluding carboxylic acids is 2. The van der Waals surface area contributed by atoms with E-state index in [4.69, 9.17) is 16.3 Å². The fourth-order valence-corrected chi connectivity index (χ4v) is 4.33. The Labute approximate surface area is 220 Å². The van der Waals surface area contributed by atoms with Crippen LogP contribution in [0.5, 0.6) is 5.75 Å². The monoisotopic (exact) mass is 556 g/mol. The minimum atomic E-state index is -0.728. The summed E-state index contributed by atoms with van der Waals surface area (Å²) in [6.07, 6.45) is 0.375. The summed E-state index contributed by atoms with van der Waals surface area (Å²) in [6, 6.07) is 23.8. The van der Waals surface area contributed by atoms with Crippen molar-refractivity contribution in [1.82, 2.24) is 10.2 Å². The highest BCUT2D eigenvalue weighted by atomic mass is 79.9. The molecule has 0 fully saturated rings. The zero-order valence-corrected chi connectivity index (χ0v) is 22.5. The second kappa shape index (κ2) is 12.2. The van der Waals surface area contributed by atoms with Crippen LogP contribution in [0.15, 0.2) is 83.3 Å². The largest absolute Gasteiger partial charge is 0.482 e. The molecule has 35 heavy (non-hydrogen) atoms. The van der Waals surface area contributed by atoms with Crippen LogP contribution in [0, 0.1) is 0 Å². The van der Waals surface area contributed by atoms with Crippen LogP contribution in [-0.4, -0.2) is 34.9 Å². The van der Waals surface area contributed by atoms with Gasteiger partial charge in [-0.1, -0.05) is 88.2 Å². The fourth-order valence-electron chi connectivity index (χ4n) is 3.60. The van der Waals surface area contributed by atoms with Crippen molar-refractivity contribution in [3.8, 4) is 5.75 Å². The lowest BCUT2D eigenvalue weighted by Crippen LogP contribution is -2.55.